The zero-order valence-electron chi connectivity index (χ0n) is 17.9. The molecule has 1 aromatic carbocycles. The summed E-state index contributed by atoms with van der Waals surface area (Å²) in [6, 6.07) is 2.06. The van der Waals surface area contributed by atoms with Gasteiger partial charge in [-0.1, -0.05) is 0 Å². The van der Waals surface area contributed by atoms with Gasteiger partial charge in [0.15, 0.2) is 17.5 Å². The Hall–Kier alpha value is -3.32. The number of carbonyl (C=O) groups is 1. The van der Waals surface area contributed by atoms with Crippen molar-refractivity contribution in [2.75, 3.05) is 25.6 Å². The van der Waals surface area contributed by atoms with Crippen LogP contribution in [0.3, 0.4) is 0 Å². The van der Waals surface area contributed by atoms with E-state index < -0.39 is 36.5 Å². The Labute approximate surface area is 190 Å². The van der Waals surface area contributed by atoms with Crippen LogP contribution in [0, 0.1) is 0 Å². The highest BCUT2D eigenvalue weighted by atomic mass is 19.4. The number of amides is 2. The number of anilines is 1. The number of nitrogens with zero attached hydrogens (tertiary/aromatic N) is 4. The van der Waals surface area contributed by atoms with E-state index in [1.807, 2.05) is 0 Å². The molecule has 2 bridgehead atoms. The molecule has 34 heavy (non-hydrogen) atoms. The fourth-order valence-corrected chi connectivity index (χ4v) is 4.62. The number of hydrogen-bond acceptors (Lipinski definition) is 6. The third-order valence-corrected chi connectivity index (χ3v) is 6.15. The number of alkyl halides is 4. The minimum absolute atomic E-state index is 0.0236. The number of aromatic amines is 1. The van der Waals surface area contributed by atoms with Crippen molar-refractivity contribution in [3.63, 3.8) is 0 Å². The van der Waals surface area contributed by atoms with Crippen molar-refractivity contribution < 1.29 is 27.1 Å². The molecule has 180 valence electrons. The zero-order valence-corrected chi connectivity index (χ0v) is 17.9. The van der Waals surface area contributed by atoms with Gasteiger partial charge in [-0.25, -0.2) is 19.2 Å². The van der Waals surface area contributed by atoms with E-state index in [0.29, 0.717) is 11.3 Å². The van der Waals surface area contributed by atoms with Gasteiger partial charge in [0, 0.05) is 24.3 Å². The number of rotatable bonds is 4. The highest BCUT2D eigenvalue weighted by Gasteiger charge is 2.57. The molecule has 4 unspecified atom stereocenters. The molecule has 4 atom stereocenters. The Kier molecular flexibility index (Phi) is 5.60. The van der Waals surface area contributed by atoms with Crippen molar-refractivity contribution in [3.8, 4) is 11.4 Å². The lowest BCUT2D eigenvalue weighted by molar-refractivity contribution is -0.208. The Morgan fingerprint density at radius 3 is 2.68 bits per heavy atom. The average Bonchev–Trinajstić information content (AvgIpc) is 3.33. The summed E-state index contributed by atoms with van der Waals surface area (Å²) >= 11 is 0. The summed E-state index contributed by atoms with van der Waals surface area (Å²) < 4.78 is 63.5. The van der Waals surface area contributed by atoms with Crippen molar-refractivity contribution >= 4 is 22.8 Å². The smallest absolute Gasteiger partial charge is 0.378 e. The predicted octanol–water partition coefficient (Wildman–Crippen LogP) is 3.19. The first-order valence-electron chi connectivity index (χ1n) is 10.6. The molecule has 2 aromatic heterocycles. The maximum absolute atomic E-state index is 14.6. The molecular weight excluding hydrogens is 458 g/mol. The molecule has 2 amide bonds. The summed E-state index contributed by atoms with van der Waals surface area (Å²) in [5.41, 5.74) is 0.770. The first-order chi connectivity index (χ1) is 16.3. The van der Waals surface area contributed by atoms with E-state index in [1.165, 1.54) is 13.2 Å². The molecule has 9 nitrogen and oxygen atoms in total. The minimum atomic E-state index is -4.73. The van der Waals surface area contributed by atoms with E-state index in [9.17, 15) is 22.4 Å². The maximum Gasteiger partial charge on any atom is 0.409 e. The molecule has 2 aliphatic rings. The topological polar surface area (TPSA) is 108 Å². The molecule has 0 aliphatic carbocycles. The van der Waals surface area contributed by atoms with Crippen LogP contribution in [0.4, 0.5) is 28.0 Å². The molecule has 0 spiro atoms. The van der Waals surface area contributed by atoms with Crippen molar-refractivity contribution in [1.82, 2.24) is 30.4 Å². The molecular formula is C21H21F4N7O2. The monoisotopic (exact) mass is 479 g/mol. The zero-order chi connectivity index (χ0) is 24.0. The first kappa shape index (κ1) is 22.5. The Morgan fingerprint density at radius 2 is 2.00 bits per heavy atom. The van der Waals surface area contributed by atoms with Crippen LogP contribution in [-0.2, 0) is 4.74 Å². The second-order valence-corrected chi connectivity index (χ2v) is 8.25. The number of ether oxygens (including phenoxy) is 1. The second kappa shape index (κ2) is 8.47. The minimum Gasteiger partial charge on any atom is -0.378 e. The van der Waals surface area contributed by atoms with E-state index >= 15 is 0 Å². The normalized spacial score (nSPS) is 23.7. The van der Waals surface area contributed by atoms with E-state index in [2.05, 4.69) is 30.8 Å². The molecule has 2 aliphatic heterocycles. The fraction of sp³-hybridized carbons (Fsp3) is 0.429. The van der Waals surface area contributed by atoms with Gasteiger partial charge in [-0.2, -0.15) is 18.3 Å². The van der Waals surface area contributed by atoms with Crippen molar-refractivity contribution in [2.24, 2.45) is 0 Å². The summed E-state index contributed by atoms with van der Waals surface area (Å²) in [5.74, 6) is 0.0462. The molecule has 2 fully saturated rings. The van der Waals surface area contributed by atoms with Crippen LogP contribution < -0.4 is 10.6 Å². The maximum atomic E-state index is 14.6. The van der Waals surface area contributed by atoms with Gasteiger partial charge in [-0.3, -0.25) is 10.00 Å². The number of halogens is 4. The van der Waals surface area contributed by atoms with Gasteiger partial charge in [0.2, 0.25) is 0 Å². The highest BCUT2D eigenvalue weighted by molar-refractivity contribution is 5.89. The van der Waals surface area contributed by atoms with Crippen LogP contribution >= 0.6 is 0 Å². The number of fused-ring (bicyclic) bond motifs is 3. The second-order valence-electron chi connectivity index (χ2n) is 8.25. The van der Waals surface area contributed by atoms with Gasteiger partial charge in [-0.15, -0.1) is 0 Å². The van der Waals surface area contributed by atoms with E-state index in [1.54, 1.807) is 24.3 Å². The molecule has 2 saturated heterocycles. The SMILES string of the molecule is CNC(=O)Nc1ccc(-c2nc(C(N3C4COCC3C(F)C4)C(F)(F)F)c3cn[nH]c3n2)cc1. The van der Waals surface area contributed by atoms with Crippen LogP contribution in [-0.4, -0.2) is 75.8 Å². The summed E-state index contributed by atoms with van der Waals surface area (Å²) in [7, 11) is 1.47. The van der Waals surface area contributed by atoms with Crippen LogP contribution in [0.25, 0.3) is 22.4 Å². The number of morpholine rings is 1. The van der Waals surface area contributed by atoms with Crippen molar-refractivity contribution in [2.45, 2.75) is 36.9 Å². The lowest BCUT2D eigenvalue weighted by atomic mass is 10.0. The number of carbonyl (C=O) groups excluding carboxylic acids is 1. The van der Waals surface area contributed by atoms with Gasteiger partial charge in [0.25, 0.3) is 0 Å². The third-order valence-electron chi connectivity index (χ3n) is 6.15. The van der Waals surface area contributed by atoms with E-state index in [4.69, 9.17) is 4.74 Å². The summed E-state index contributed by atoms with van der Waals surface area (Å²) in [5, 5.41) is 11.6. The van der Waals surface area contributed by atoms with Crippen LogP contribution in [0.5, 0.6) is 0 Å². The van der Waals surface area contributed by atoms with Crippen LogP contribution in [0.2, 0.25) is 0 Å². The van der Waals surface area contributed by atoms with Crippen LogP contribution in [0.1, 0.15) is 18.2 Å². The highest BCUT2D eigenvalue weighted by Crippen LogP contribution is 2.47. The molecule has 3 aromatic rings. The number of H-pyrrole nitrogens is 1. The van der Waals surface area contributed by atoms with Gasteiger partial charge < -0.3 is 15.4 Å². The van der Waals surface area contributed by atoms with E-state index in [-0.39, 0.29) is 42.2 Å². The molecule has 0 radical (unpaired) electrons. The standard InChI is InChI=1S/C21H21F4N7O2/c1-26-20(33)28-11-4-2-10(3-5-11)18-29-16(13-7-27-31-19(13)30-18)17(21(23,24)25)32-12-6-14(22)15(32)9-34-8-12/h2-5,7,12,14-15,17H,6,8-9H2,1H3,(H2,26,28,33)(H,27,29,30,31). The number of benzene rings is 1. The Morgan fingerprint density at radius 1 is 1.24 bits per heavy atom. The quantitative estimate of drug-likeness (QED) is 0.496. The first-order valence-corrected chi connectivity index (χ1v) is 10.6. The summed E-state index contributed by atoms with van der Waals surface area (Å²) in [6.45, 7) is -0.0910. The van der Waals surface area contributed by atoms with Gasteiger partial charge >= 0.3 is 12.2 Å². The molecule has 3 N–H and O–H groups in total. The summed E-state index contributed by atoms with van der Waals surface area (Å²) in [6.07, 6.45) is -4.92. The Bertz CT molecular complexity index is 1200. The van der Waals surface area contributed by atoms with E-state index in [0.717, 1.165) is 4.90 Å². The number of aromatic nitrogens is 4. The Balaban J connectivity index is 1.59. The molecule has 0 saturated carbocycles. The molecule has 4 heterocycles. The number of urea groups is 1. The third kappa shape index (κ3) is 3.94. The number of hydrogen-bond donors (Lipinski definition) is 3. The molecule has 5 rings (SSSR count). The average molecular weight is 479 g/mol. The summed E-state index contributed by atoms with van der Waals surface area (Å²) in [4.78, 5) is 21.3. The van der Waals surface area contributed by atoms with Crippen LogP contribution in [0.15, 0.2) is 30.5 Å². The predicted molar refractivity (Wildman–Crippen MR) is 114 cm³/mol. The van der Waals surface area contributed by atoms with Crippen molar-refractivity contribution in [3.05, 3.63) is 36.2 Å². The van der Waals surface area contributed by atoms with Crippen molar-refractivity contribution in [1.29, 1.82) is 0 Å². The van der Waals surface area contributed by atoms with Gasteiger partial charge in [0.05, 0.1) is 36.5 Å². The lowest BCUT2D eigenvalue weighted by Gasteiger charge is -2.40. The molecule has 13 heteroatoms. The lowest BCUT2D eigenvalue weighted by Crippen LogP contribution is -2.53. The largest absolute Gasteiger partial charge is 0.409 e. The van der Waals surface area contributed by atoms with Gasteiger partial charge in [-0.05, 0) is 30.7 Å². The number of nitrogens with one attached hydrogen (secondary N) is 3. The fourth-order valence-electron chi connectivity index (χ4n) is 4.62. The van der Waals surface area contributed by atoms with Gasteiger partial charge in [0.1, 0.15) is 6.17 Å².